The second-order valence-corrected chi connectivity index (χ2v) is 5.96. The fourth-order valence-electron chi connectivity index (χ4n) is 2.28. The normalized spacial score (nSPS) is 10.2. The minimum Gasteiger partial charge on any atom is -0.493 e. The molecule has 27 heavy (non-hydrogen) atoms. The molecule has 0 bridgehead atoms. The number of hydrogen-bond donors (Lipinski definition) is 1. The van der Waals surface area contributed by atoms with E-state index >= 15 is 0 Å². The molecule has 1 amide bonds. The van der Waals surface area contributed by atoms with Gasteiger partial charge in [0, 0.05) is 11.4 Å². The van der Waals surface area contributed by atoms with Crippen LogP contribution in [0.1, 0.15) is 12.0 Å². The molecule has 0 heterocycles. The molecule has 6 nitrogen and oxygen atoms in total. The average molecular weight is 396 g/mol. The molecule has 2 aromatic rings. The van der Waals surface area contributed by atoms with Crippen LogP contribution in [-0.2, 0) is 20.7 Å². The highest BCUT2D eigenvalue weighted by Gasteiger charge is 2.12. The monoisotopic (exact) mass is 395 g/mol. The smallest absolute Gasteiger partial charge is 0.306 e. The van der Waals surface area contributed by atoms with Crippen LogP contribution in [0.3, 0.4) is 0 Å². The minimum absolute atomic E-state index is 0.0363. The number of ether oxygens (including phenoxy) is 3. The Bertz CT molecular complexity index is 828. The van der Waals surface area contributed by atoms with Gasteiger partial charge >= 0.3 is 5.97 Å². The van der Waals surface area contributed by atoms with Gasteiger partial charge in [0.1, 0.15) is 5.82 Å². The lowest BCUT2D eigenvalue weighted by Gasteiger charge is -2.10. The van der Waals surface area contributed by atoms with Crippen molar-refractivity contribution < 1.29 is 28.2 Å². The molecular formula is C19H19ClFNO5. The Hall–Kier alpha value is -2.80. The van der Waals surface area contributed by atoms with E-state index in [-0.39, 0.29) is 17.1 Å². The van der Waals surface area contributed by atoms with Crippen molar-refractivity contribution in [3.63, 3.8) is 0 Å². The minimum atomic E-state index is -0.671. The standard InChI is InChI=1S/C19H19ClFNO5/c1-25-16-7-3-12(9-17(16)26-2)4-8-19(24)27-11-18(23)22-15-6-5-13(20)10-14(15)21/h3,5-7,9-10H,4,8,11H2,1-2H3,(H,22,23). The predicted octanol–water partition coefficient (Wildman–Crippen LogP) is 3.61. The van der Waals surface area contributed by atoms with Crippen LogP contribution >= 0.6 is 11.6 Å². The van der Waals surface area contributed by atoms with E-state index in [2.05, 4.69) is 5.32 Å². The molecule has 144 valence electrons. The quantitative estimate of drug-likeness (QED) is 0.691. The summed E-state index contributed by atoms with van der Waals surface area (Å²) in [6.45, 7) is -0.507. The Labute approximate surface area is 161 Å². The molecule has 0 spiro atoms. The number of anilines is 1. The summed E-state index contributed by atoms with van der Waals surface area (Å²) in [5.74, 6) is -0.703. The molecule has 0 unspecified atom stereocenters. The first kappa shape index (κ1) is 20.5. The summed E-state index contributed by atoms with van der Waals surface area (Å²) in [4.78, 5) is 23.6. The summed E-state index contributed by atoms with van der Waals surface area (Å²) >= 11 is 5.64. The zero-order valence-electron chi connectivity index (χ0n) is 14.9. The van der Waals surface area contributed by atoms with Crippen molar-refractivity contribution >= 4 is 29.2 Å². The van der Waals surface area contributed by atoms with Crippen LogP contribution in [0.2, 0.25) is 5.02 Å². The van der Waals surface area contributed by atoms with Crippen LogP contribution in [0.5, 0.6) is 11.5 Å². The first-order chi connectivity index (χ1) is 12.9. The second kappa shape index (κ2) is 9.78. The van der Waals surface area contributed by atoms with Gasteiger partial charge in [-0.25, -0.2) is 4.39 Å². The van der Waals surface area contributed by atoms with Crippen molar-refractivity contribution in [1.82, 2.24) is 0 Å². The van der Waals surface area contributed by atoms with E-state index in [0.717, 1.165) is 11.6 Å². The number of hydrogen-bond acceptors (Lipinski definition) is 5. The Kier molecular flexibility index (Phi) is 7.43. The van der Waals surface area contributed by atoms with Crippen LogP contribution in [-0.4, -0.2) is 32.7 Å². The van der Waals surface area contributed by atoms with Crippen LogP contribution in [0, 0.1) is 5.82 Å². The van der Waals surface area contributed by atoms with Crippen molar-refractivity contribution in [2.45, 2.75) is 12.8 Å². The lowest BCUT2D eigenvalue weighted by molar-refractivity contribution is -0.147. The van der Waals surface area contributed by atoms with Gasteiger partial charge in [-0.2, -0.15) is 0 Å². The van der Waals surface area contributed by atoms with E-state index in [4.69, 9.17) is 25.8 Å². The van der Waals surface area contributed by atoms with Crippen molar-refractivity contribution in [3.8, 4) is 11.5 Å². The maximum Gasteiger partial charge on any atom is 0.306 e. The van der Waals surface area contributed by atoms with Crippen molar-refractivity contribution in [1.29, 1.82) is 0 Å². The van der Waals surface area contributed by atoms with Gasteiger partial charge in [-0.05, 0) is 42.3 Å². The maximum atomic E-state index is 13.6. The Morgan fingerprint density at radius 3 is 2.48 bits per heavy atom. The molecule has 0 saturated heterocycles. The largest absolute Gasteiger partial charge is 0.493 e. The lowest BCUT2D eigenvalue weighted by Crippen LogP contribution is -2.21. The van der Waals surface area contributed by atoms with Crippen LogP contribution < -0.4 is 14.8 Å². The number of benzene rings is 2. The molecule has 0 aliphatic carbocycles. The van der Waals surface area contributed by atoms with Crippen LogP contribution in [0.15, 0.2) is 36.4 Å². The number of carbonyl (C=O) groups is 2. The van der Waals surface area contributed by atoms with E-state index < -0.39 is 24.3 Å². The average Bonchev–Trinajstić information content (AvgIpc) is 2.66. The van der Waals surface area contributed by atoms with E-state index in [9.17, 15) is 14.0 Å². The molecule has 8 heteroatoms. The number of nitrogens with one attached hydrogen (secondary N) is 1. The number of methoxy groups -OCH3 is 2. The zero-order valence-corrected chi connectivity index (χ0v) is 15.6. The highest BCUT2D eigenvalue weighted by molar-refractivity contribution is 6.30. The van der Waals surface area contributed by atoms with Gasteiger partial charge in [-0.15, -0.1) is 0 Å². The molecule has 0 aliphatic rings. The summed E-state index contributed by atoms with van der Waals surface area (Å²) < 4.78 is 28.9. The summed E-state index contributed by atoms with van der Waals surface area (Å²) in [6.07, 6.45) is 0.491. The van der Waals surface area contributed by atoms with Gasteiger partial charge in [0.25, 0.3) is 5.91 Å². The molecule has 0 aliphatic heterocycles. The Morgan fingerprint density at radius 1 is 1.07 bits per heavy atom. The van der Waals surface area contributed by atoms with E-state index in [1.54, 1.807) is 12.1 Å². The van der Waals surface area contributed by atoms with Gasteiger partial charge in [0.15, 0.2) is 18.1 Å². The number of halogens is 2. The summed E-state index contributed by atoms with van der Waals surface area (Å²) in [5.41, 5.74) is 0.822. The van der Waals surface area contributed by atoms with E-state index in [1.807, 2.05) is 6.07 Å². The molecule has 0 atom stereocenters. The highest BCUT2D eigenvalue weighted by atomic mass is 35.5. The third kappa shape index (κ3) is 6.14. The molecule has 1 N–H and O–H groups in total. The fourth-order valence-corrected chi connectivity index (χ4v) is 2.44. The Balaban J connectivity index is 1.79. The summed E-state index contributed by atoms with van der Waals surface area (Å²) in [6, 6.07) is 9.16. The summed E-state index contributed by atoms with van der Waals surface area (Å²) in [5, 5.41) is 2.53. The SMILES string of the molecule is COc1ccc(CCC(=O)OCC(=O)Nc2ccc(Cl)cc2F)cc1OC. The topological polar surface area (TPSA) is 73.9 Å². The second-order valence-electron chi connectivity index (χ2n) is 5.52. The third-order valence-corrected chi connectivity index (χ3v) is 3.87. The van der Waals surface area contributed by atoms with Gasteiger partial charge < -0.3 is 19.5 Å². The molecule has 0 aromatic heterocycles. The lowest BCUT2D eigenvalue weighted by atomic mass is 10.1. The van der Waals surface area contributed by atoms with Crippen molar-refractivity contribution in [3.05, 3.63) is 52.8 Å². The number of esters is 1. The highest BCUT2D eigenvalue weighted by Crippen LogP contribution is 2.28. The summed E-state index contributed by atoms with van der Waals surface area (Å²) in [7, 11) is 3.06. The molecule has 0 saturated carbocycles. The number of carbonyl (C=O) groups excluding carboxylic acids is 2. The maximum absolute atomic E-state index is 13.6. The van der Waals surface area contributed by atoms with Gasteiger partial charge in [-0.1, -0.05) is 17.7 Å². The number of aryl methyl sites for hydroxylation is 1. The zero-order chi connectivity index (χ0) is 19.8. The van der Waals surface area contributed by atoms with Gasteiger partial charge in [-0.3, -0.25) is 9.59 Å². The van der Waals surface area contributed by atoms with Gasteiger partial charge in [0.05, 0.1) is 19.9 Å². The van der Waals surface area contributed by atoms with Crippen molar-refractivity contribution in [2.24, 2.45) is 0 Å². The third-order valence-electron chi connectivity index (χ3n) is 3.64. The number of rotatable bonds is 8. The Morgan fingerprint density at radius 2 is 1.81 bits per heavy atom. The molecule has 2 aromatic carbocycles. The number of amides is 1. The van der Waals surface area contributed by atoms with Crippen molar-refractivity contribution in [2.75, 3.05) is 26.1 Å². The first-order valence-corrected chi connectivity index (χ1v) is 8.42. The van der Waals surface area contributed by atoms with E-state index in [0.29, 0.717) is 17.9 Å². The molecule has 0 radical (unpaired) electrons. The first-order valence-electron chi connectivity index (χ1n) is 8.04. The fraction of sp³-hybridized carbons (Fsp3) is 0.263. The van der Waals surface area contributed by atoms with Crippen LogP contribution in [0.25, 0.3) is 0 Å². The molecule has 0 fully saturated rings. The molecule has 2 rings (SSSR count). The van der Waals surface area contributed by atoms with Crippen LogP contribution in [0.4, 0.5) is 10.1 Å². The predicted molar refractivity (Wildman–Crippen MR) is 98.9 cm³/mol. The molecular weight excluding hydrogens is 377 g/mol. The van der Waals surface area contributed by atoms with Gasteiger partial charge in [0.2, 0.25) is 0 Å². The van der Waals surface area contributed by atoms with E-state index in [1.165, 1.54) is 26.4 Å².